The van der Waals surface area contributed by atoms with E-state index in [1.807, 2.05) is 49.4 Å². The molecule has 10 heteroatoms. The van der Waals surface area contributed by atoms with Crippen molar-refractivity contribution in [1.29, 1.82) is 0 Å². The van der Waals surface area contributed by atoms with Crippen LogP contribution in [0.15, 0.2) is 60.7 Å². The SMILES string of the molecule is Cc1ccc(F)c(CC(=O)Cc2ccc(-c3cccc4n[nH]c(CC(=O)CCCCCCCCCCCNC(=O)C[C@H](N)C(=O)O)c34)cc2)c1. The lowest BCUT2D eigenvalue weighted by Crippen LogP contribution is -2.37. The summed E-state index contributed by atoms with van der Waals surface area (Å²) in [6.07, 6.45) is 10.2. The number of aliphatic carboxylic acids is 1. The first kappa shape index (κ1) is 38.1. The number of aryl methyl sites for hydroxylation is 1. The van der Waals surface area contributed by atoms with Gasteiger partial charge in [0.05, 0.1) is 17.6 Å². The Balaban J connectivity index is 1.15. The van der Waals surface area contributed by atoms with Gasteiger partial charge in [-0.05, 0) is 54.2 Å². The molecule has 1 aromatic heterocycles. The number of aromatic amines is 1. The van der Waals surface area contributed by atoms with E-state index in [4.69, 9.17) is 10.8 Å². The molecule has 3 aromatic carbocycles. The first-order valence-corrected chi connectivity index (χ1v) is 17.7. The first-order chi connectivity index (χ1) is 24.1. The highest BCUT2D eigenvalue weighted by Crippen LogP contribution is 2.31. The number of nitrogens with zero attached hydrogens (tertiary/aromatic N) is 1. The van der Waals surface area contributed by atoms with Crippen LogP contribution in [0.3, 0.4) is 0 Å². The van der Waals surface area contributed by atoms with E-state index in [1.165, 1.54) is 6.07 Å². The van der Waals surface area contributed by atoms with E-state index in [1.54, 1.807) is 12.1 Å². The van der Waals surface area contributed by atoms with Gasteiger partial charge in [0.1, 0.15) is 23.4 Å². The number of H-pyrrole nitrogens is 1. The summed E-state index contributed by atoms with van der Waals surface area (Å²) in [5.41, 5.74) is 11.1. The summed E-state index contributed by atoms with van der Waals surface area (Å²) in [7, 11) is 0. The molecule has 0 radical (unpaired) electrons. The van der Waals surface area contributed by atoms with E-state index in [0.29, 0.717) is 24.9 Å². The van der Waals surface area contributed by atoms with Gasteiger partial charge in [-0.2, -0.15) is 5.10 Å². The van der Waals surface area contributed by atoms with Gasteiger partial charge in [0.25, 0.3) is 0 Å². The van der Waals surface area contributed by atoms with Crippen molar-refractivity contribution in [2.45, 2.75) is 103 Å². The van der Waals surface area contributed by atoms with E-state index < -0.39 is 12.0 Å². The molecule has 0 aliphatic carbocycles. The fourth-order valence-corrected chi connectivity index (χ4v) is 6.20. The third kappa shape index (κ3) is 12.0. The number of amides is 1. The van der Waals surface area contributed by atoms with Gasteiger partial charge < -0.3 is 16.2 Å². The second kappa shape index (κ2) is 19.5. The lowest BCUT2D eigenvalue weighted by Gasteiger charge is -2.08. The number of unbranched alkanes of at least 4 members (excludes halogenated alkanes) is 8. The monoisotopic (exact) mass is 684 g/mol. The molecule has 5 N–H and O–H groups in total. The van der Waals surface area contributed by atoms with Crippen LogP contribution in [0.4, 0.5) is 4.39 Å². The topological polar surface area (TPSA) is 155 Å². The zero-order valence-corrected chi connectivity index (χ0v) is 28.9. The molecule has 0 saturated heterocycles. The van der Waals surface area contributed by atoms with Crippen LogP contribution in [-0.2, 0) is 38.4 Å². The number of aromatic nitrogens is 2. The van der Waals surface area contributed by atoms with Crippen LogP contribution in [0.2, 0.25) is 0 Å². The molecular formula is C40H49FN4O5. The van der Waals surface area contributed by atoms with Crippen molar-refractivity contribution in [2.75, 3.05) is 6.54 Å². The molecule has 1 amide bonds. The summed E-state index contributed by atoms with van der Waals surface area (Å²) in [5, 5.41) is 20.0. The number of carbonyl (C=O) groups excluding carboxylic acids is 3. The number of rotatable bonds is 22. The zero-order chi connectivity index (χ0) is 35.9. The zero-order valence-electron chi connectivity index (χ0n) is 28.9. The van der Waals surface area contributed by atoms with Gasteiger partial charge in [-0.15, -0.1) is 0 Å². The maximum absolute atomic E-state index is 14.1. The number of halogens is 1. The highest BCUT2D eigenvalue weighted by Gasteiger charge is 2.17. The van der Waals surface area contributed by atoms with Crippen molar-refractivity contribution in [3.05, 3.63) is 88.9 Å². The van der Waals surface area contributed by atoms with Gasteiger partial charge in [-0.1, -0.05) is 99.0 Å². The maximum Gasteiger partial charge on any atom is 0.321 e. The molecule has 4 rings (SSSR count). The highest BCUT2D eigenvalue weighted by molar-refractivity contribution is 5.98. The largest absolute Gasteiger partial charge is 0.480 e. The standard InChI is InChI=1S/C40H49FN4O5/c1-27-15-20-34(41)30(22-27)24-32(47)23-28-16-18-29(19-17-28)33-13-11-14-36-39(33)37(45-44-36)25-31(46)12-9-7-5-3-2-4-6-8-10-21-43-38(48)26-35(42)40(49)50/h11,13-20,22,35H,2-10,12,21,23-26,42H2,1H3,(H,43,48)(H,44,45)(H,49,50)/t35-/m0/s1. The summed E-state index contributed by atoms with van der Waals surface area (Å²) in [5.74, 6) is -1.72. The number of carbonyl (C=O) groups is 4. The third-order valence-electron chi connectivity index (χ3n) is 8.96. The van der Waals surface area contributed by atoms with Crippen LogP contribution in [0, 0.1) is 12.7 Å². The molecule has 4 aromatic rings. The van der Waals surface area contributed by atoms with E-state index in [-0.39, 0.29) is 42.6 Å². The van der Waals surface area contributed by atoms with E-state index in [2.05, 4.69) is 15.5 Å². The number of Topliss-reactive ketones (excluding diaryl/α,β-unsaturated/α-hetero) is 2. The number of nitrogens with two attached hydrogens (primary N) is 1. The van der Waals surface area contributed by atoms with Gasteiger partial charge in [-0.25, -0.2) is 4.39 Å². The summed E-state index contributed by atoms with van der Waals surface area (Å²) < 4.78 is 14.1. The summed E-state index contributed by atoms with van der Waals surface area (Å²) in [6.45, 7) is 2.41. The molecule has 0 bridgehead atoms. The molecule has 1 atom stereocenters. The lowest BCUT2D eigenvalue weighted by molar-refractivity contribution is -0.140. The molecule has 1 heterocycles. The molecule has 0 fully saturated rings. The van der Waals surface area contributed by atoms with Gasteiger partial charge in [0.15, 0.2) is 0 Å². The number of hydrogen-bond acceptors (Lipinski definition) is 6. The maximum atomic E-state index is 14.1. The van der Waals surface area contributed by atoms with Crippen molar-refractivity contribution in [3.8, 4) is 11.1 Å². The molecule has 0 spiro atoms. The summed E-state index contributed by atoms with van der Waals surface area (Å²) >= 11 is 0. The Kier molecular flexibility index (Phi) is 14.8. The number of hydrogen-bond donors (Lipinski definition) is 4. The predicted molar refractivity (Wildman–Crippen MR) is 193 cm³/mol. The van der Waals surface area contributed by atoms with Gasteiger partial charge in [0, 0.05) is 37.6 Å². The van der Waals surface area contributed by atoms with Crippen molar-refractivity contribution < 1.29 is 28.7 Å². The molecule has 0 aliphatic rings. The Hall–Kier alpha value is -4.70. The minimum Gasteiger partial charge on any atom is -0.480 e. The summed E-state index contributed by atoms with van der Waals surface area (Å²) in [6, 6.07) is 17.4. The Morgan fingerprint density at radius 2 is 1.52 bits per heavy atom. The quantitative estimate of drug-likeness (QED) is 0.0652. The smallest absolute Gasteiger partial charge is 0.321 e. The molecule has 0 saturated carbocycles. The van der Waals surface area contributed by atoms with E-state index in [9.17, 15) is 23.6 Å². The van der Waals surface area contributed by atoms with E-state index in [0.717, 1.165) is 96.6 Å². The minimum atomic E-state index is -1.17. The van der Waals surface area contributed by atoms with Crippen molar-refractivity contribution >= 4 is 34.3 Å². The van der Waals surface area contributed by atoms with Crippen molar-refractivity contribution in [3.63, 3.8) is 0 Å². The highest BCUT2D eigenvalue weighted by atomic mass is 19.1. The van der Waals surface area contributed by atoms with Crippen LogP contribution in [0.5, 0.6) is 0 Å². The third-order valence-corrected chi connectivity index (χ3v) is 8.96. The molecular weight excluding hydrogens is 635 g/mol. The van der Waals surface area contributed by atoms with Crippen LogP contribution < -0.4 is 11.1 Å². The number of ketones is 2. The van der Waals surface area contributed by atoms with E-state index >= 15 is 0 Å². The molecule has 0 aliphatic heterocycles. The number of nitrogens with one attached hydrogen (secondary N) is 2. The molecule has 9 nitrogen and oxygen atoms in total. The average Bonchev–Trinajstić information content (AvgIpc) is 3.49. The van der Waals surface area contributed by atoms with Crippen LogP contribution in [0.1, 0.15) is 93.0 Å². The second-order valence-electron chi connectivity index (χ2n) is 13.2. The minimum absolute atomic E-state index is 0.0452. The van der Waals surface area contributed by atoms with Gasteiger partial charge >= 0.3 is 5.97 Å². The average molecular weight is 685 g/mol. The molecule has 0 unspecified atom stereocenters. The number of carboxylic acids is 1. The Morgan fingerprint density at radius 3 is 2.22 bits per heavy atom. The fraction of sp³-hybridized carbons (Fsp3) is 0.425. The number of fused-ring (bicyclic) bond motifs is 1. The van der Waals surface area contributed by atoms with Gasteiger partial charge in [0.2, 0.25) is 5.91 Å². The van der Waals surface area contributed by atoms with Crippen LogP contribution in [0.25, 0.3) is 22.0 Å². The molecule has 50 heavy (non-hydrogen) atoms. The predicted octanol–water partition coefficient (Wildman–Crippen LogP) is 6.96. The first-order valence-electron chi connectivity index (χ1n) is 17.7. The fourth-order valence-electron chi connectivity index (χ4n) is 6.20. The lowest BCUT2D eigenvalue weighted by atomic mass is 9.95. The Bertz CT molecular complexity index is 1750. The van der Waals surface area contributed by atoms with Gasteiger partial charge in [-0.3, -0.25) is 24.3 Å². The van der Waals surface area contributed by atoms with Crippen molar-refractivity contribution in [1.82, 2.24) is 15.5 Å². The van der Waals surface area contributed by atoms with Crippen LogP contribution >= 0.6 is 0 Å². The number of benzene rings is 3. The normalized spacial score (nSPS) is 11.8. The Morgan fingerprint density at radius 1 is 0.840 bits per heavy atom. The Labute approximate surface area is 293 Å². The van der Waals surface area contributed by atoms with Crippen LogP contribution in [-0.4, -0.2) is 51.3 Å². The molecule has 266 valence electrons. The number of carboxylic acid groups (broad SMARTS) is 1. The summed E-state index contributed by atoms with van der Waals surface area (Å²) in [4.78, 5) is 48.0. The second-order valence-corrected chi connectivity index (χ2v) is 13.2. The van der Waals surface area contributed by atoms with Crippen molar-refractivity contribution in [2.24, 2.45) is 5.73 Å².